The third-order valence-corrected chi connectivity index (χ3v) is 4.47. The molecule has 1 N–H and O–H groups in total. The number of halogens is 1. The number of aliphatic imine (C=N–C) groups is 1. The van der Waals surface area contributed by atoms with Crippen LogP contribution in [-0.2, 0) is 11.3 Å². The molecule has 25 heavy (non-hydrogen) atoms. The van der Waals surface area contributed by atoms with Gasteiger partial charge in [-0.05, 0) is 48.9 Å². The summed E-state index contributed by atoms with van der Waals surface area (Å²) in [4.78, 5) is 8.62. The van der Waals surface area contributed by atoms with Gasteiger partial charge in [0, 0.05) is 53.6 Å². The highest BCUT2D eigenvalue weighted by atomic mass is 127. The molecular formula is C19H33IN4O. The molecule has 1 saturated carbocycles. The van der Waals surface area contributed by atoms with Gasteiger partial charge in [0.25, 0.3) is 0 Å². The second kappa shape index (κ2) is 10.9. The smallest absolute Gasteiger partial charge is 0.193 e. The van der Waals surface area contributed by atoms with Crippen molar-refractivity contribution in [3.05, 3.63) is 29.3 Å². The maximum Gasteiger partial charge on any atom is 0.193 e. The Kier molecular flexibility index (Phi) is 9.56. The van der Waals surface area contributed by atoms with Gasteiger partial charge in [-0.1, -0.05) is 6.07 Å². The van der Waals surface area contributed by atoms with Crippen LogP contribution in [0.25, 0.3) is 0 Å². The van der Waals surface area contributed by atoms with E-state index in [1.54, 1.807) is 0 Å². The van der Waals surface area contributed by atoms with Gasteiger partial charge in [-0.3, -0.25) is 4.99 Å². The molecule has 1 fully saturated rings. The van der Waals surface area contributed by atoms with Crippen molar-refractivity contribution < 1.29 is 4.74 Å². The van der Waals surface area contributed by atoms with Crippen LogP contribution in [0.5, 0.6) is 0 Å². The van der Waals surface area contributed by atoms with Crippen LogP contribution in [0.2, 0.25) is 0 Å². The Bertz CT molecular complexity index is 558. The Morgan fingerprint density at radius 1 is 1.28 bits per heavy atom. The largest absolute Gasteiger partial charge is 0.379 e. The van der Waals surface area contributed by atoms with Crippen molar-refractivity contribution in [3.63, 3.8) is 0 Å². The molecular weight excluding hydrogens is 427 g/mol. The van der Waals surface area contributed by atoms with E-state index in [1.807, 2.05) is 7.05 Å². The van der Waals surface area contributed by atoms with Crippen molar-refractivity contribution in [2.75, 3.05) is 52.8 Å². The highest BCUT2D eigenvalue weighted by molar-refractivity contribution is 14.0. The Balaban J connectivity index is 0.00000312. The summed E-state index contributed by atoms with van der Waals surface area (Å²) in [5, 5.41) is 3.44. The first-order chi connectivity index (χ1) is 11.5. The number of benzene rings is 1. The lowest BCUT2D eigenvalue weighted by Crippen LogP contribution is -2.40. The van der Waals surface area contributed by atoms with Crippen molar-refractivity contribution in [2.45, 2.75) is 26.3 Å². The van der Waals surface area contributed by atoms with Crippen LogP contribution in [0.4, 0.5) is 5.69 Å². The molecule has 6 heteroatoms. The van der Waals surface area contributed by atoms with E-state index in [-0.39, 0.29) is 24.0 Å². The minimum Gasteiger partial charge on any atom is -0.379 e. The number of anilines is 1. The van der Waals surface area contributed by atoms with Crippen molar-refractivity contribution in [1.82, 2.24) is 10.2 Å². The summed E-state index contributed by atoms with van der Waals surface area (Å²) in [6.45, 7) is 5.45. The van der Waals surface area contributed by atoms with Crippen LogP contribution in [0, 0.1) is 12.8 Å². The molecule has 5 nitrogen and oxygen atoms in total. The molecule has 0 atom stereocenters. The molecule has 1 aliphatic rings. The number of aryl methyl sites for hydroxylation is 1. The Labute approximate surface area is 169 Å². The van der Waals surface area contributed by atoms with Gasteiger partial charge in [0.15, 0.2) is 5.96 Å². The number of nitrogens with zero attached hydrogens (tertiary/aromatic N) is 3. The number of hydrogen-bond acceptors (Lipinski definition) is 3. The molecule has 0 spiro atoms. The van der Waals surface area contributed by atoms with Crippen LogP contribution < -0.4 is 10.2 Å². The summed E-state index contributed by atoms with van der Waals surface area (Å²) >= 11 is 0. The number of guanidine groups is 1. The van der Waals surface area contributed by atoms with Crippen molar-refractivity contribution >= 4 is 35.6 Å². The molecule has 0 amide bonds. The molecule has 0 aromatic heterocycles. The molecule has 0 bridgehead atoms. The zero-order valence-electron chi connectivity index (χ0n) is 16.2. The Hall–Kier alpha value is -1.02. The first-order valence-electron chi connectivity index (χ1n) is 8.77. The molecule has 0 saturated heterocycles. The van der Waals surface area contributed by atoms with Gasteiger partial charge in [0.05, 0.1) is 6.61 Å². The highest BCUT2D eigenvalue weighted by Gasteiger charge is 2.21. The molecule has 0 heterocycles. The molecule has 142 valence electrons. The third-order valence-electron chi connectivity index (χ3n) is 4.47. The zero-order valence-corrected chi connectivity index (χ0v) is 18.5. The molecule has 0 unspecified atom stereocenters. The summed E-state index contributed by atoms with van der Waals surface area (Å²) < 4.78 is 5.71. The van der Waals surface area contributed by atoms with E-state index in [9.17, 15) is 0 Å². The van der Waals surface area contributed by atoms with Crippen LogP contribution in [-0.4, -0.2) is 58.8 Å². The van der Waals surface area contributed by atoms with Gasteiger partial charge in [-0.15, -0.1) is 24.0 Å². The number of likely N-dealkylation sites (N-methyl/N-ethyl adjacent to an activating group) is 1. The van der Waals surface area contributed by atoms with Gasteiger partial charge in [0.1, 0.15) is 0 Å². The van der Waals surface area contributed by atoms with Gasteiger partial charge in [-0.2, -0.15) is 0 Å². The summed E-state index contributed by atoms with van der Waals surface area (Å²) in [7, 11) is 8.01. The topological polar surface area (TPSA) is 40.1 Å². The van der Waals surface area contributed by atoms with Crippen molar-refractivity contribution in [1.29, 1.82) is 0 Å². The second-order valence-corrected chi connectivity index (χ2v) is 6.85. The van der Waals surface area contributed by atoms with E-state index in [0.717, 1.165) is 38.2 Å². The van der Waals surface area contributed by atoms with Crippen molar-refractivity contribution in [2.24, 2.45) is 10.9 Å². The van der Waals surface area contributed by atoms with Gasteiger partial charge in [-0.25, -0.2) is 0 Å². The average Bonchev–Trinajstić information content (AvgIpc) is 3.37. The monoisotopic (exact) mass is 460 g/mol. The Morgan fingerprint density at radius 2 is 2.00 bits per heavy atom. The number of nitrogens with one attached hydrogen (secondary N) is 1. The van der Waals surface area contributed by atoms with E-state index >= 15 is 0 Å². The average molecular weight is 460 g/mol. The fraction of sp³-hybridized carbons (Fsp3) is 0.632. The normalized spacial score (nSPS) is 14.0. The molecule has 2 rings (SSSR count). The van der Waals surface area contributed by atoms with Crippen LogP contribution in [0.15, 0.2) is 23.2 Å². The van der Waals surface area contributed by atoms with Gasteiger partial charge >= 0.3 is 0 Å². The van der Waals surface area contributed by atoms with E-state index in [2.05, 4.69) is 66.4 Å². The lowest BCUT2D eigenvalue weighted by atomic mass is 10.1. The first kappa shape index (κ1) is 22.0. The van der Waals surface area contributed by atoms with Crippen LogP contribution >= 0.6 is 24.0 Å². The van der Waals surface area contributed by atoms with E-state index in [1.165, 1.54) is 29.7 Å². The number of rotatable bonds is 8. The number of hydrogen-bond donors (Lipinski definition) is 1. The summed E-state index contributed by atoms with van der Waals surface area (Å²) in [5.74, 6) is 1.72. The number of ether oxygens (including phenoxy) is 1. The maximum absolute atomic E-state index is 5.71. The second-order valence-electron chi connectivity index (χ2n) is 6.85. The fourth-order valence-corrected chi connectivity index (χ4v) is 2.56. The third kappa shape index (κ3) is 7.40. The molecule has 1 aromatic rings. The molecule has 1 aromatic carbocycles. The van der Waals surface area contributed by atoms with E-state index in [4.69, 9.17) is 4.74 Å². The van der Waals surface area contributed by atoms with Crippen LogP contribution in [0.3, 0.4) is 0 Å². The van der Waals surface area contributed by atoms with E-state index < -0.39 is 0 Å². The first-order valence-corrected chi connectivity index (χ1v) is 8.77. The standard InChI is InChI=1S/C19H32N4O.HI/c1-15-12-18(22(3)4)9-8-17(15)13-21-19(20-2)23(5)10-11-24-14-16-6-7-16;/h8-9,12,16H,6-7,10-11,13-14H2,1-5H3,(H,20,21);1H. The summed E-state index contributed by atoms with van der Waals surface area (Å²) in [6, 6.07) is 6.56. The molecule has 0 radical (unpaired) electrons. The van der Waals surface area contributed by atoms with E-state index in [0.29, 0.717) is 0 Å². The minimum atomic E-state index is 0. The van der Waals surface area contributed by atoms with Crippen molar-refractivity contribution in [3.8, 4) is 0 Å². The fourth-order valence-electron chi connectivity index (χ4n) is 2.56. The minimum absolute atomic E-state index is 0. The van der Waals surface area contributed by atoms with Gasteiger partial charge in [0.2, 0.25) is 0 Å². The molecule has 0 aliphatic heterocycles. The lowest BCUT2D eigenvalue weighted by Gasteiger charge is -2.22. The maximum atomic E-state index is 5.71. The lowest BCUT2D eigenvalue weighted by molar-refractivity contribution is 0.115. The SMILES string of the molecule is CN=C(NCc1ccc(N(C)C)cc1C)N(C)CCOCC1CC1.I. The summed E-state index contributed by atoms with van der Waals surface area (Å²) in [6.07, 6.45) is 2.68. The van der Waals surface area contributed by atoms with Gasteiger partial charge < -0.3 is 19.9 Å². The highest BCUT2D eigenvalue weighted by Crippen LogP contribution is 2.28. The summed E-state index contributed by atoms with van der Waals surface area (Å²) in [5.41, 5.74) is 3.81. The quantitative estimate of drug-likeness (QED) is 0.280. The Morgan fingerprint density at radius 3 is 2.56 bits per heavy atom. The predicted octanol–water partition coefficient (Wildman–Crippen LogP) is 3.11. The van der Waals surface area contributed by atoms with Crippen LogP contribution in [0.1, 0.15) is 24.0 Å². The zero-order chi connectivity index (χ0) is 17.5. The molecule has 1 aliphatic carbocycles. The predicted molar refractivity (Wildman–Crippen MR) is 117 cm³/mol.